The molecule has 0 aromatic carbocycles. The van der Waals surface area contributed by atoms with E-state index in [-0.39, 0.29) is 5.54 Å². The van der Waals surface area contributed by atoms with Gasteiger partial charge in [0.15, 0.2) is 0 Å². The average molecular weight is 269 g/mol. The maximum Gasteiger partial charge on any atom is 0.0618 e. The fourth-order valence-electron chi connectivity index (χ4n) is 2.94. The summed E-state index contributed by atoms with van der Waals surface area (Å²) < 4.78 is 5.35. The van der Waals surface area contributed by atoms with Crippen LogP contribution in [0.3, 0.4) is 0 Å². The predicted molar refractivity (Wildman–Crippen MR) is 79.5 cm³/mol. The molecule has 1 unspecified atom stereocenters. The predicted octanol–water partition coefficient (Wildman–Crippen LogP) is 1.03. The second-order valence-corrected chi connectivity index (χ2v) is 6.88. The van der Waals surface area contributed by atoms with Gasteiger partial charge in [-0.25, -0.2) is 0 Å². The molecule has 0 radical (unpaired) electrons. The van der Waals surface area contributed by atoms with Crippen LogP contribution >= 0.6 is 0 Å². The number of piperazine rings is 1. The molecule has 0 aromatic heterocycles. The molecule has 2 aliphatic rings. The Labute approximate surface area is 118 Å². The quantitative estimate of drug-likeness (QED) is 0.747. The zero-order valence-electron chi connectivity index (χ0n) is 13.1. The Balaban J connectivity index is 1.78. The molecule has 1 N–H and O–H groups in total. The summed E-state index contributed by atoms with van der Waals surface area (Å²) in [4.78, 5) is 5.04. The molecule has 1 aliphatic heterocycles. The van der Waals surface area contributed by atoms with Gasteiger partial charge in [0, 0.05) is 51.4 Å². The second-order valence-electron chi connectivity index (χ2n) is 6.88. The molecule has 2 rings (SSSR count). The number of rotatable bonds is 7. The lowest BCUT2D eigenvalue weighted by atomic mass is 10.0. The third kappa shape index (κ3) is 4.42. The molecular weight excluding hydrogens is 238 g/mol. The van der Waals surface area contributed by atoms with Gasteiger partial charge in [-0.2, -0.15) is 0 Å². The molecule has 0 bridgehead atoms. The van der Waals surface area contributed by atoms with Gasteiger partial charge in [0.1, 0.15) is 0 Å². The fourth-order valence-corrected chi connectivity index (χ4v) is 2.94. The van der Waals surface area contributed by atoms with Crippen LogP contribution in [-0.2, 0) is 4.74 Å². The number of likely N-dealkylation sites (N-methyl/N-ethyl adjacent to an activating group) is 1. The SMILES string of the molecule is COCC(NCC(C)(C)N1CCN(C)CC1)C1CC1. The normalized spacial score (nSPS) is 24.6. The molecule has 1 heterocycles. The summed E-state index contributed by atoms with van der Waals surface area (Å²) in [6, 6.07) is 0.553. The van der Waals surface area contributed by atoms with Crippen LogP contribution < -0.4 is 5.32 Å². The molecule has 1 atom stereocenters. The van der Waals surface area contributed by atoms with Crippen LogP contribution in [0.15, 0.2) is 0 Å². The van der Waals surface area contributed by atoms with E-state index >= 15 is 0 Å². The lowest BCUT2D eigenvalue weighted by Gasteiger charge is -2.44. The van der Waals surface area contributed by atoms with E-state index in [1.165, 1.54) is 39.0 Å². The van der Waals surface area contributed by atoms with Gasteiger partial charge in [-0.3, -0.25) is 4.90 Å². The van der Waals surface area contributed by atoms with Crippen molar-refractivity contribution in [3.63, 3.8) is 0 Å². The Morgan fingerprint density at radius 3 is 2.37 bits per heavy atom. The van der Waals surface area contributed by atoms with Crippen molar-refractivity contribution in [1.82, 2.24) is 15.1 Å². The lowest BCUT2D eigenvalue weighted by Crippen LogP contribution is -2.58. The first kappa shape index (κ1) is 15.2. The van der Waals surface area contributed by atoms with Crippen LogP contribution in [0, 0.1) is 5.92 Å². The zero-order chi connectivity index (χ0) is 13.9. The number of hydrogen-bond acceptors (Lipinski definition) is 4. The minimum atomic E-state index is 0.238. The summed E-state index contributed by atoms with van der Waals surface area (Å²) in [6.45, 7) is 11.4. The summed E-state index contributed by atoms with van der Waals surface area (Å²) in [5.41, 5.74) is 0.238. The van der Waals surface area contributed by atoms with E-state index < -0.39 is 0 Å². The minimum absolute atomic E-state index is 0.238. The van der Waals surface area contributed by atoms with Gasteiger partial charge in [0.2, 0.25) is 0 Å². The Morgan fingerprint density at radius 2 is 1.84 bits per heavy atom. The van der Waals surface area contributed by atoms with Crippen molar-refractivity contribution in [3.05, 3.63) is 0 Å². The van der Waals surface area contributed by atoms with Crippen molar-refractivity contribution >= 4 is 0 Å². The maximum absolute atomic E-state index is 5.35. The van der Waals surface area contributed by atoms with Crippen molar-refractivity contribution < 1.29 is 4.74 Å². The van der Waals surface area contributed by atoms with Gasteiger partial charge in [-0.1, -0.05) is 0 Å². The highest BCUT2D eigenvalue weighted by Crippen LogP contribution is 2.33. The molecule has 4 heteroatoms. The van der Waals surface area contributed by atoms with E-state index in [0.717, 1.165) is 19.1 Å². The molecule has 4 nitrogen and oxygen atoms in total. The largest absolute Gasteiger partial charge is 0.383 e. The molecular formula is C15H31N3O. The smallest absolute Gasteiger partial charge is 0.0618 e. The lowest BCUT2D eigenvalue weighted by molar-refractivity contribution is 0.0559. The third-order valence-corrected chi connectivity index (χ3v) is 4.69. The van der Waals surface area contributed by atoms with Crippen LogP contribution in [0.1, 0.15) is 26.7 Å². The van der Waals surface area contributed by atoms with Gasteiger partial charge in [0.25, 0.3) is 0 Å². The Hall–Kier alpha value is -0.160. The van der Waals surface area contributed by atoms with E-state index in [0.29, 0.717) is 6.04 Å². The van der Waals surface area contributed by atoms with Crippen molar-refractivity contribution in [2.75, 3.05) is 53.5 Å². The van der Waals surface area contributed by atoms with Crippen molar-refractivity contribution in [1.29, 1.82) is 0 Å². The summed E-state index contributed by atoms with van der Waals surface area (Å²) >= 11 is 0. The van der Waals surface area contributed by atoms with Crippen LogP contribution in [0.2, 0.25) is 0 Å². The number of nitrogens with one attached hydrogen (secondary N) is 1. The maximum atomic E-state index is 5.35. The molecule has 1 saturated carbocycles. The van der Waals surface area contributed by atoms with Crippen molar-refractivity contribution in [3.8, 4) is 0 Å². The van der Waals surface area contributed by atoms with Gasteiger partial charge < -0.3 is 15.0 Å². The van der Waals surface area contributed by atoms with Gasteiger partial charge in [-0.15, -0.1) is 0 Å². The topological polar surface area (TPSA) is 27.7 Å². The number of ether oxygens (including phenoxy) is 1. The fraction of sp³-hybridized carbons (Fsp3) is 1.00. The number of hydrogen-bond donors (Lipinski definition) is 1. The average Bonchev–Trinajstić information content (AvgIpc) is 3.19. The molecule has 2 fully saturated rings. The molecule has 0 amide bonds. The number of nitrogens with zero attached hydrogens (tertiary/aromatic N) is 2. The Kier molecular flexibility index (Phi) is 5.23. The summed E-state index contributed by atoms with van der Waals surface area (Å²) in [6.07, 6.45) is 2.74. The summed E-state index contributed by atoms with van der Waals surface area (Å²) in [5.74, 6) is 0.850. The van der Waals surface area contributed by atoms with Gasteiger partial charge >= 0.3 is 0 Å². The molecule has 0 spiro atoms. The van der Waals surface area contributed by atoms with Crippen LogP contribution in [0.4, 0.5) is 0 Å². The van der Waals surface area contributed by atoms with Gasteiger partial charge in [-0.05, 0) is 39.7 Å². The van der Waals surface area contributed by atoms with E-state index in [1.54, 1.807) is 0 Å². The number of methoxy groups -OCH3 is 1. The van der Waals surface area contributed by atoms with E-state index in [4.69, 9.17) is 4.74 Å². The molecule has 0 aromatic rings. The first-order valence-corrected chi connectivity index (χ1v) is 7.69. The van der Waals surface area contributed by atoms with E-state index in [1.807, 2.05) is 7.11 Å². The third-order valence-electron chi connectivity index (χ3n) is 4.69. The van der Waals surface area contributed by atoms with Crippen LogP contribution in [0.25, 0.3) is 0 Å². The first-order valence-electron chi connectivity index (χ1n) is 7.69. The highest BCUT2D eigenvalue weighted by molar-refractivity contribution is 4.92. The monoisotopic (exact) mass is 269 g/mol. The van der Waals surface area contributed by atoms with E-state index in [9.17, 15) is 0 Å². The minimum Gasteiger partial charge on any atom is -0.383 e. The van der Waals surface area contributed by atoms with Crippen LogP contribution in [0.5, 0.6) is 0 Å². The Morgan fingerprint density at radius 1 is 1.21 bits per heavy atom. The zero-order valence-corrected chi connectivity index (χ0v) is 13.1. The van der Waals surface area contributed by atoms with E-state index in [2.05, 4.69) is 36.0 Å². The highest BCUT2D eigenvalue weighted by atomic mass is 16.5. The molecule has 19 heavy (non-hydrogen) atoms. The summed E-state index contributed by atoms with van der Waals surface area (Å²) in [7, 11) is 4.02. The molecule has 112 valence electrons. The highest BCUT2D eigenvalue weighted by Gasteiger charge is 2.34. The standard InChI is InChI=1S/C15H31N3O/c1-15(2,18-9-7-17(3)8-10-18)12-16-14(11-19-4)13-5-6-13/h13-14,16H,5-12H2,1-4H3. The van der Waals surface area contributed by atoms with Crippen molar-refractivity contribution in [2.45, 2.75) is 38.3 Å². The van der Waals surface area contributed by atoms with Crippen molar-refractivity contribution in [2.24, 2.45) is 5.92 Å². The molecule has 1 saturated heterocycles. The van der Waals surface area contributed by atoms with Gasteiger partial charge in [0.05, 0.1) is 6.61 Å². The Bertz CT molecular complexity index is 271. The van der Waals surface area contributed by atoms with Crippen LogP contribution in [-0.4, -0.2) is 74.9 Å². The summed E-state index contributed by atoms with van der Waals surface area (Å²) in [5, 5.41) is 3.75. The second kappa shape index (κ2) is 6.53. The first-order chi connectivity index (χ1) is 9.03. The molecule has 1 aliphatic carbocycles.